The van der Waals surface area contributed by atoms with Crippen molar-refractivity contribution in [3.8, 4) is 6.07 Å². The Morgan fingerprint density at radius 3 is 2.80 bits per heavy atom. The highest BCUT2D eigenvalue weighted by Gasteiger charge is 2.14. The molecular formula is C10H12ClN3O. The summed E-state index contributed by atoms with van der Waals surface area (Å²) in [6.07, 6.45) is 0.789. The van der Waals surface area contributed by atoms with Gasteiger partial charge < -0.3 is 10.3 Å². The van der Waals surface area contributed by atoms with E-state index in [2.05, 4.69) is 16.4 Å². The van der Waals surface area contributed by atoms with Crippen LogP contribution < -0.4 is 5.32 Å². The van der Waals surface area contributed by atoms with Gasteiger partial charge in [-0.2, -0.15) is 5.26 Å². The van der Waals surface area contributed by atoms with E-state index in [1.807, 2.05) is 13.8 Å². The normalized spacial score (nSPS) is 9.73. The molecule has 0 bridgehead atoms. The van der Waals surface area contributed by atoms with Crippen LogP contribution in [-0.2, 0) is 11.2 Å². The average molecular weight is 226 g/mol. The Bertz CT molecular complexity index is 417. The first kappa shape index (κ1) is 11.6. The van der Waals surface area contributed by atoms with Gasteiger partial charge in [0.25, 0.3) is 0 Å². The summed E-state index contributed by atoms with van der Waals surface area (Å²) in [5.41, 5.74) is 2.31. The lowest BCUT2D eigenvalue weighted by Gasteiger charge is -1.99. The molecule has 1 aromatic rings. The van der Waals surface area contributed by atoms with Crippen molar-refractivity contribution in [2.24, 2.45) is 0 Å². The fourth-order valence-electron chi connectivity index (χ4n) is 1.41. The van der Waals surface area contributed by atoms with Crippen LogP contribution in [0.4, 0.5) is 5.82 Å². The van der Waals surface area contributed by atoms with Crippen LogP contribution in [0.25, 0.3) is 0 Å². The number of nitriles is 1. The number of carbonyl (C=O) groups excluding carboxylic acids is 1. The number of halogens is 1. The van der Waals surface area contributed by atoms with Gasteiger partial charge in [0.1, 0.15) is 17.8 Å². The van der Waals surface area contributed by atoms with Crippen LogP contribution in [-0.4, -0.2) is 16.8 Å². The van der Waals surface area contributed by atoms with Crippen molar-refractivity contribution in [3.63, 3.8) is 0 Å². The van der Waals surface area contributed by atoms with E-state index in [0.717, 1.165) is 17.7 Å². The summed E-state index contributed by atoms with van der Waals surface area (Å²) in [5, 5.41) is 11.5. The van der Waals surface area contributed by atoms with Crippen molar-refractivity contribution in [1.82, 2.24) is 4.98 Å². The number of nitrogens with one attached hydrogen (secondary N) is 2. The Hall–Kier alpha value is -1.47. The van der Waals surface area contributed by atoms with Crippen molar-refractivity contribution >= 4 is 23.3 Å². The van der Waals surface area contributed by atoms with Crippen LogP contribution in [0.3, 0.4) is 0 Å². The quantitative estimate of drug-likeness (QED) is 0.772. The number of hydrogen-bond acceptors (Lipinski definition) is 2. The number of nitrogens with zero attached hydrogens (tertiary/aromatic N) is 1. The number of aryl methyl sites for hydroxylation is 1. The van der Waals surface area contributed by atoms with E-state index in [-0.39, 0.29) is 11.8 Å². The van der Waals surface area contributed by atoms with Crippen LogP contribution in [0, 0.1) is 18.3 Å². The van der Waals surface area contributed by atoms with Crippen LogP contribution in [0.2, 0.25) is 0 Å². The average Bonchev–Trinajstić information content (AvgIpc) is 2.54. The molecule has 0 aliphatic carbocycles. The third kappa shape index (κ3) is 2.31. The van der Waals surface area contributed by atoms with Crippen LogP contribution >= 0.6 is 11.6 Å². The molecule has 15 heavy (non-hydrogen) atoms. The molecule has 0 radical (unpaired) electrons. The maximum atomic E-state index is 11.1. The summed E-state index contributed by atoms with van der Waals surface area (Å²) in [6.45, 7) is 3.83. The number of H-pyrrole nitrogens is 1. The summed E-state index contributed by atoms with van der Waals surface area (Å²) in [5.74, 6) is -0.000668. The van der Waals surface area contributed by atoms with E-state index in [1.165, 1.54) is 0 Å². The van der Waals surface area contributed by atoms with Crippen molar-refractivity contribution in [2.45, 2.75) is 20.3 Å². The number of alkyl halides is 1. The van der Waals surface area contributed by atoms with Crippen molar-refractivity contribution in [3.05, 3.63) is 16.8 Å². The molecule has 5 heteroatoms. The molecule has 0 atom stereocenters. The Balaban J connectivity index is 3.08. The second kappa shape index (κ2) is 4.85. The molecule has 4 nitrogen and oxygen atoms in total. The molecule has 0 saturated carbocycles. The molecule has 0 spiro atoms. The molecule has 1 aromatic heterocycles. The van der Waals surface area contributed by atoms with Gasteiger partial charge in [0.2, 0.25) is 5.91 Å². The second-order valence-corrected chi connectivity index (χ2v) is 3.39. The third-order valence-corrected chi connectivity index (χ3v) is 2.45. The lowest BCUT2D eigenvalue weighted by Crippen LogP contribution is -2.13. The molecule has 80 valence electrons. The minimum Gasteiger partial charge on any atom is -0.344 e. The molecule has 0 aliphatic rings. The standard InChI is InChI=1S/C10H12ClN3O/c1-3-8-6(2)7(5-12)10(13-8)14-9(15)4-11/h13H,3-4H2,1-2H3,(H,14,15). The van der Waals surface area contributed by atoms with E-state index in [4.69, 9.17) is 16.9 Å². The molecule has 0 unspecified atom stereocenters. The van der Waals surface area contributed by atoms with E-state index in [1.54, 1.807) is 0 Å². The molecule has 2 N–H and O–H groups in total. The van der Waals surface area contributed by atoms with E-state index < -0.39 is 0 Å². The number of carbonyl (C=O) groups is 1. The molecule has 1 heterocycles. The molecule has 0 fully saturated rings. The van der Waals surface area contributed by atoms with Gasteiger partial charge in [-0.15, -0.1) is 11.6 Å². The summed E-state index contributed by atoms with van der Waals surface area (Å²) in [7, 11) is 0. The van der Waals surface area contributed by atoms with E-state index in [0.29, 0.717) is 11.4 Å². The second-order valence-electron chi connectivity index (χ2n) is 3.13. The Morgan fingerprint density at radius 2 is 2.33 bits per heavy atom. The van der Waals surface area contributed by atoms with Crippen molar-refractivity contribution in [2.75, 3.05) is 11.2 Å². The zero-order valence-corrected chi connectivity index (χ0v) is 9.40. The van der Waals surface area contributed by atoms with Crippen molar-refractivity contribution in [1.29, 1.82) is 5.26 Å². The van der Waals surface area contributed by atoms with Gasteiger partial charge in [0, 0.05) is 5.69 Å². The molecule has 0 aromatic carbocycles. The number of aromatic nitrogens is 1. The molecular weight excluding hydrogens is 214 g/mol. The first-order valence-electron chi connectivity index (χ1n) is 4.61. The Morgan fingerprint density at radius 1 is 1.67 bits per heavy atom. The summed E-state index contributed by atoms with van der Waals surface area (Å²) < 4.78 is 0. The Kier molecular flexibility index (Phi) is 3.75. The third-order valence-electron chi connectivity index (χ3n) is 2.20. The largest absolute Gasteiger partial charge is 0.344 e. The number of hydrogen-bond donors (Lipinski definition) is 2. The van der Waals surface area contributed by atoms with Gasteiger partial charge in [-0.05, 0) is 18.9 Å². The monoisotopic (exact) mass is 225 g/mol. The van der Waals surface area contributed by atoms with Crippen LogP contribution in [0.1, 0.15) is 23.7 Å². The maximum Gasteiger partial charge on any atom is 0.240 e. The highest BCUT2D eigenvalue weighted by atomic mass is 35.5. The molecule has 1 amide bonds. The van der Waals surface area contributed by atoms with Gasteiger partial charge >= 0.3 is 0 Å². The zero-order valence-electron chi connectivity index (χ0n) is 8.65. The number of rotatable bonds is 3. The lowest BCUT2D eigenvalue weighted by atomic mass is 10.1. The minimum absolute atomic E-state index is 0.121. The number of aromatic amines is 1. The lowest BCUT2D eigenvalue weighted by molar-refractivity contribution is -0.113. The number of amides is 1. The van der Waals surface area contributed by atoms with E-state index >= 15 is 0 Å². The van der Waals surface area contributed by atoms with Gasteiger partial charge in [0.15, 0.2) is 0 Å². The molecule has 0 aliphatic heterocycles. The topological polar surface area (TPSA) is 68.7 Å². The van der Waals surface area contributed by atoms with Crippen LogP contribution in [0.5, 0.6) is 0 Å². The Labute approximate surface area is 93.2 Å². The first-order chi connectivity index (χ1) is 7.13. The predicted molar refractivity (Wildman–Crippen MR) is 59.0 cm³/mol. The highest BCUT2D eigenvalue weighted by molar-refractivity contribution is 6.29. The fraction of sp³-hybridized carbons (Fsp3) is 0.400. The van der Waals surface area contributed by atoms with Crippen molar-refractivity contribution < 1.29 is 4.79 Å². The fourth-order valence-corrected chi connectivity index (χ4v) is 1.47. The van der Waals surface area contributed by atoms with Gasteiger partial charge in [-0.3, -0.25) is 4.79 Å². The number of anilines is 1. The molecule has 1 rings (SSSR count). The highest BCUT2D eigenvalue weighted by Crippen LogP contribution is 2.22. The SMILES string of the molecule is CCc1[nH]c(NC(=O)CCl)c(C#N)c1C. The van der Waals surface area contributed by atoms with Gasteiger partial charge in [-0.25, -0.2) is 0 Å². The van der Waals surface area contributed by atoms with Crippen LogP contribution in [0.15, 0.2) is 0 Å². The minimum atomic E-state index is -0.322. The first-order valence-corrected chi connectivity index (χ1v) is 5.14. The summed E-state index contributed by atoms with van der Waals surface area (Å²) >= 11 is 5.37. The maximum absolute atomic E-state index is 11.1. The smallest absolute Gasteiger partial charge is 0.240 e. The zero-order chi connectivity index (χ0) is 11.4. The predicted octanol–water partition coefficient (Wildman–Crippen LogP) is 1.93. The summed E-state index contributed by atoms with van der Waals surface area (Å²) in [6, 6.07) is 2.06. The molecule has 0 saturated heterocycles. The van der Waals surface area contributed by atoms with E-state index in [9.17, 15) is 4.79 Å². The summed E-state index contributed by atoms with van der Waals surface area (Å²) in [4.78, 5) is 14.1. The van der Waals surface area contributed by atoms with Gasteiger partial charge in [0.05, 0.1) is 5.56 Å². The van der Waals surface area contributed by atoms with Gasteiger partial charge in [-0.1, -0.05) is 6.92 Å².